The Bertz CT molecular complexity index is 1300. The largest absolute Gasteiger partial charge is 0.364 e. The van der Waals surface area contributed by atoms with E-state index in [0.717, 1.165) is 22.3 Å². The Labute approximate surface area is 160 Å². The van der Waals surface area contributed by atoms with Gasteiger partial charge < -0.3 is 10.7 Å². The molecule has 0 aliphatic rings. The minimum absolute atomic E-state index is 0.0112. The van der Waals surface area contributed by atoms with Crippen molar-refractivity contribution in [2.45, 2.75) is 20.8 Å². The maximum atomic E-state index is 12.7. The van der Waals surface area contributed by atoms with E-state index in [1.165, 1.54) is 4.57 Å². The summed E-state index contributed by atoms with van der Waals surface area (Å²) in [5, 5.41) is 0. The summed E-state index contributed by atoms with van der Waals surface area (Å²) in [6, 6.07) is 13.3. The number of primary amides is 1. The Balaban J connectivity index is 2.09. The van der Waals surface area contributed by atoms with Crippen LogP contribution < -0.4 is 11.4 Å². The zero-order valence-electron chi connectivity index (χ0n) is 15.8. The predicted molar refractivity (Wildman–Crippen MR) is 108 cm³/mol. The Morgan fingerprint density at radius 1 is 1.00 bits per heavy atom. The fraction of sp³-hybridized carbons (Fsp3) is 0.143. The molecule has 2 aromatic carbocycles. The number of imidazole rings is 1. The number of carbonyl (C=O) groups excluding carboxylic acids is 1. The molecule has 2 aromatic heterocycles. The molecule has 4 rings (SSSR count). The van der Waals surface area contributed by atoms with E-state index >= 15 is 0 Å². The van der Waals surface area contributed by atoms with E-state index in [0.29, 0.717) is 17.2 Å². The van der Waals surface area contributed by atoms with Gasteiger partial charge in [-0.1, -0.05) is 30.3 Å². The van der Waals surface area contributed by atoms with Crippen LogP contribution in [-0.4, -0.2) is 25.4 Å². The van der Waals surface area contributed by atoms with E-state index < -0.39 is 11.6 Å². The molecule has 0 aliphatic heterocycles. The molecule has 140 valence electrons. The number of hydrogen-bond donors (Lipinski definition) is 2. The fourth-order valence-corrected chi connectivity index (χ4v) is 3.21. The summed E-state index contributed by atoms with van der Waals surface area (Å²) in [6.45, 7) is 5.91. The summed E-state index contributed by atoms with van der Waals surface area (Å²) in [5.74, 6) is -0.383. The second-order valence-corrected chi connectivity index (χ2v) is 6.81. The number of benzene rings is 2. The lowest BCUT2D eigenvalue weighted by atomic mass is 10.1. The highest BCUT2D eigenvalue weighted by Crippen LogP contribution is 2.24. The lowest BCUT2D eigenvalue weighted by molar-refractivity contribution is 0.0997. The molecular formula is C21H19N5O2. The molecule has 1 amide bonds. The third kappa shape index (κ3) is 2.77. The number of aromatic nitrogens is 4. The van der Waals surface area contributed by atoms with Crippen LogP contribution in [0.2, 0.25) is 0 Å². The van der Waals surface area contributed by atoms with Gasteiger partial charge in [0.05, 0.1) is 5.69 Å². The van der Waals surface area contributed by atoms with E-state index in [4.69, 9.17) is 5.73 Å². The monoisotopic (exact) mass is 373 g/mol. The highest BCUT2D eigenvalue weighted by Gasteiger charge is 2.20. The molecule has 0 aliphatic carbocycles. The molecule has 0 radical (unpaired) electrons. The van der Waals surface area contributed by atoms with Crippen LogP contribution in [0.3, 0.4) is 0 Å². The van der Waals surface area contributed by atoms with E-state index in [9.17, 15) is 9.59 Å². The molecule has 0 atom stereocenters. The van der Waals surface area contributed by atoms with E-state index in [1.807, 2.05) is 63.2 Å². The molecule has 4 aromatic rings. The molecule has 0 fully saturated rings. The Kier molecular flexibility index (Phi) is 4.07. The third-order valence-electron chi connectivity index (χ3n) is 4.90. The SMILES string of the molecule is Cc1ccc(-n2c(=O)[nH]c3c(C(N)=O)nc(-c4ccccc4C)nc32)cc1C. The zero-order valence-corrected chi connectivity index (χ0v) is 15.8. The van der Waals surface area contributed by atoms with Crippen molar-refractivity contribution in [3.05, 3.63) is 75.3 Å². The summed E-state index contributed by atoms with van der Waals surface area (Å²) in [5.41, 5.74) is 10.2. The highest BCUT2D eigenvalue weighted by molar-refractivity contribution is 6.02. The first-order chi connectivity index (χ1) is 13.4. The summed E-state index contributed by atoms with van der Waals surface area (Å²) in [7, 11) is 0. The van der Waals surface area contributed by atoms with Gasteiger partial charge in [-0.15, -0.1) is 0 Å². The van der Waals surface area contributed by atoms with Gasteiger partial charge in [0.15, 0.2) is 17.2 Å². The number of carbonyl (C=O) groups is 1. The number of nitrogens with zero attached hydrogens (tertiary/aromatic N) is 3. The van der Waals surface area contributed by atoms with Crippen LogP contribution in [0.1, 0.15) is 27.2 Å². The second-order valence-electron chi connectivity index (χ2n) is 6.81. The van der Waals surface area contributed by atoms with Crippen LogP contribution in [0.5, 0.6) is 0 Å². The predicted octanol–water partition coefficient (Wildman–Crippen LogP) is 2.80. The molecular weight excluding hydrogens is 354 g/mol. The Morgan fingerprint density at radius 3 is 2.43 bits per heavy atom. The van der Waals surface area contributed by atoms with Crippen LogP contribution in [0.15, 0.2) is 47.3 Å². The van der Waals surface area contributed by atoms with Gasteiger partial charge in [0, 0.05) is 5.56 Å². The van der Waals surface area contributed by atoms with Crippen molar-refractivity contribution in [3.63, 3.8) is 0 Å². The van der Waals surface area contributed by atoms with Crippen molar-refractivity contribution in [1.29, 1.82) is 0 Å². The van der Waals surface area contributed by atoms with Crippen molar-refractivity contribution in [2.75, 3.05) is 0 Å². The lowest BCUT2D eigenvalue weighted by Crippen LogP contribution is -2.15. The number of fused-ring (bicyclic) bond motifs is 1. The van der Waals surface area contributed by atoms with E-state index in [2.05, 4.69) is 15.0 Å². The molecule has 2 heterocycles. The summed E-state index contributed by atoms with van der Waals surface area (Å²) in [4.78, 5) is 36.4. The molecule has 0 spiro atoms. The number of aryl methyl sites for hydroxylation is 3. The van der Waals surface area contributed by atoms with Gasteiger partial charge >= 0.3 is 5.69 Å². The van der Waals surface area contributed by atoms with Gasteiger partial charge in [0.2, 0.25) is 0 Å². The topological polar surface area (TPSA) is 107 Å². The van der Waals surface area contributed by atoms with Crippen molar-refractivity contribution >= 4 is 17.1 Å². The molecule has 0 saturated carbocycles. The van der Waals surface area contributed by atoms with Crippen molar-refractivity contribution in [3.8, 4) is 17.1 Å². The minimum atomic E-state index is -0.726. The highest BCUT2D eigenvalue weighted by atomic mass is 16.2. The van der Waals surface area contributed by atoms with E-state index in [1.54, 1.807) is 0 Å². The molecule has 0 saturated heterocycles. The fourth-order valence-electron chi connectivity index (χ4n) is 3.21. The van der Waals surface area contributed by atoms with Crippen molar-refractivity contribution in [1.82, 2.24) is 19.5 Å². The van der Waals surface area contributed by atoms with Gasteiger partial charge in [-0.3, -0.25) is 4.79 Å². The van der Waals surface area contributed by atoms with Gasteiger partial charge in [-0.05, 0) is 49.6 Å². The number of hydrogen-bond acceptors (Lipinski definition) is 4. The van der Waals surface area contributed by atoms with Crippen LogP contribution in [0, 0.1) is 20.8 Å². The van der Waals surface area contributed by atoms with Crippen LogP contribution in [0.25, 0.3) is 28.2 Å². The number of nitrogens with two attached hydrogens (primary N) is 1. The van der Waals surface area contributed by atoms with Crippen molar-refractivity contribution < 1.29 is 4.79 Å². The number of amides is 1. The smallest absolute Gasteiger partial charge is 0.332 e. The van der Waals surface area contributed by atoms with Gasteiger partial charge in [0.1, 0.15) is 5.52 Å². The van der Waals surface area contributed by atoms with E-state index in [-0.39, 0.29) is 11.2 Å². The first-order valence-corrected chi connectivity index (χ1v) is 8.83. The van der Waals surface area contributed by atoms with Gasteiger partial charge in [-0.2, -0.15) is 0 Å². The molecule has 7 nitrogen and oxygen atoms in total. The quantitative estimate of drug-likeness (QED) is 0.576. The summed E-state index contributed by atoms with van der Waals surface area (Å²) >= 11 is 0. The maximum absolute atomic E-state index is 12.7. The summed E-state index contributed by atoms with van der Waals surface area (Å²) < 4.78 is 1.44. The first kappa shape index (κ1) is 17.7. The van der Waals surface area contributed by atoms with Gasteiger partial charge in [0.25, 0.3) is 5.91 Å². The lowest BCUT2D eigenvalue weighted by Gasteiger charge is -2.09. The number of aromatic amines is 1. The maximum Gasteiger partial charge on any atom is 0.332 e. The van der Waals surface area contributed by atoms with Crippen LogP contribution >= 0.6 is 0 Å². The number of rotatable bonds is 3. The molecule has 3 N–H and O–H groups in total. The molecule has 0 unspecified atom stereocenters. The average molecular weight is 373 g/mol. The van der Waals surface area contributed by atoms with Gasteiger partial charge in [-0.25, -0.2) is 19.3 Å². The molecule has 28 heavy (non-hydrogen) atoms. The zero-order chi connectivity index (χ0) is 20.0. The normalized spacial score (nSPS) is 11.1. The van der Waals surface area contributed by atoms with Crippen LogP contribution in [0.4, 0.5) is 0 Å². The number of H-pyrrole nitrogens is 1. The Morgan fingerprint density at radius 2 is 1.75 bits per heavy atom. The second kappa shape index (κ2) is 6.45. The first-order valence-electron chi connectivity index (χ1n) is 8.83. The number of nitrogens with one attached hydrogen (secondary N) is 1. The Hall–Kier alpha value is -3.74. The molecule has 0 bridgehead atoms. The molecule has 7 heteroatoms. The van der Waals surface area contributed by atoms with Crippen LogP contribution in [-0.2, 0) is 0 Å². The summed E-state index contributed by atoms with van der Waals surface area (Å²) in [6.07, 6.45) is 0. The third-order valence-corrected chi connectivity index (χ3v) is 4.90. The minimum Gasteiger partial charge on any atom is -0.364 e. The standard InChI is InChI=1S/C21H19N5O2/c1-11-8-9-14(10-13(11)3)26-20-17(24-21(26)28)16(18(22)27)23-19(25-20)15-7-5-4-6-12(15)2/h4-10H,1-3H3,(H2,22,27)(H,24,28). The van der Waals surface area contributed by atoms with Crippen molar-refractivity contribution in [2.24, 2.45) is 5.73 Å². The average Bonchev–Trinajstić information content (AvgIpc) is 2.99.